The number of carbonyl (C=O) groups excluding carboxylic acids is 2. The van der Waals surface area contributed by atoms with E-state index in [-0.39, 0.29) is 24.9 Å². The summed E-state index contributed by atoms with van der Waals surface area (Å²) < 4.78 is 5.17. The molecule has 1 aliphatic heterocycles. The van der Waals surface area contributed by atoms with Gasteiger partial charge in [-0.3, -0.25) is 19.4 Å². The summed E-state index contributed by atoms with van der Waals surface area (Å²) in [6.07, 6.45) is 0. The second-order valence-electron chi connectivity index (χ2n) is 7.96. The Morgan fingerprint density at radius 2 is 1.74 bits per heavy atom. The van der Waals surface area contributed by atoms with Crippen LogP contribution in [0.25, 0.3) is 0 Å². The van der Waals surface area contributed by atoms with Crippen molar-refractivity contribution >= 4 is 17.5 Å². The number of hydrogen-bond donors (Lipinski definition) is 1. The molecule has 0 radical (unpaired) electrons. The molecule has 1 heterocycles. The minimum Gasteiger partial charge on any atom is -0.497 e. The van der Waals surface area contributed by atoms with Crippen LogP contribution in [0.15, 0.2) is 54.6 Å². The molecule has 7 heteroatoms. The lowest BCUT2D eigenvalue weighted by Crippen LogP contribution is -2.51. The molecule has 0 aliphatic carbocycles. The van der Waals surface area contributed by atoms with E-state index in [1.165, 1.54) is 5.56 Å². The molecular formula is C24H32N4O3. The number of amides is 2. The Hall–Kier alpha value is -2.90. The number of nitrogens with one attached hydrogen (secondary N) is 1. The van der Waals surface area contributed by atoms with Gasteiger partial charge in [0.15, 0.2) is 0 Å². The first-order valence-corrected chi connectivity index (χ1v) is 10.7. The van der Waals surface area contributed by atoms with Crippen LogP contribution in [-0.4, -0.2) is 79.9 Å². The van der Waals surface area contributed by atoms with Gasteiger partial charge in [0.1, 0.15) is 5.75 Å². The lowest BCUT2D eigenvalue weighted by atomic mass is 10.1. The fraction of sp³-hybridized carbons (Fsp3) is 0.417. The largest absolute Gasteiger partial charge is 0.497 e. The molecular weight excluding hydrogens is 392 g/mol. The molecule has 1 atom stereocenters. The number of piperazine rings is 1. The molecule has 2 aromatic carbocycles. The normalized spacial score (nSPS) is 15.5. The Morgan fingerprint density at radius 3 is 2.42 bits per heavy atom. The van der Waals surface area contributed by atoms with Crippen molar-refractivity contribution in [3.8, 4) is 5.75 Å². The van der Waals surface area contributed by atoms with Crippen molar-refractivity contribution in [3.05, 3.63) is 60.2 Å². The second-order valence-corrected chi connectivity index (χ2v) is 7.96. The summed E-state index contributed by atoms with van der Waals surface area (Å²) >= 11 is 0. The Kier molecular flexibility index (Phi) is 8.03. The van der Waals surface area contributed by atoms with Crippen molar-refractivity contribution in [2.75, 3.05) is 58.7 Å². The maximum Gasteiger partial charge on any atom is 0.238 e. The Bertz CT molecular complexity index is 866. The number of hydrogen-bond acceptors (Lipinski definition) is 5. The number of methoxy groups -OCH3 is 1. The highest BCUT2D eigenvalue weighted by Crippen LogP contribution is 2.21. The van der Waals surface area contributed by atoms with E-state index in [1.807, 2.05) is 29.2 Å². The molecule has 166 valence electrons. The minimum atomic E-state index is -0.162. The number of ether oxygens (including phenoxy) is 1. The number of anilines is 1. The molecule has 2 aromatic rings. The molecule has 1 aliphatic rings. The lowest BCUT2D eigenvalue weighted by Gasteiger charge is -2.38. The maximum atomic E-state index is 12.7. The van der Waals surface area contributed by atoms with Gasteiger partial charge in [0.25, 0.3) is 0 Å². The predicted octanol–water partition coefficient (Wildman–Crippen LogP) is 2.47. The molecule has 0 spiro atoms. The van der Waals surface area contributed by atoms with Crippen molar-refractivity contribution < 1.29 is 14.3 Å². The van der Waals surface area contributed by atoms with Crippen molar-refractivity contribution in [2.45, 2.75) is 13.0 Å². The van der Waals surface area contributed by atoms with Crippen LogP contribution in [0.3, 0.4) is 0 Å². The average Bonchev–Trinajstić information content (AvgIpc) is 2.79. The first-order valence-electron chi connectivity index (χ1n) is 10.7. The van der Waals surface area contributed by atoms with Crippen LogP contribution in [0.4, 0.5) is 5.69 Å². The van der Waals surface area contributed by atoms with Gasteiger partial charge in [-0.05, 0) is 31.7 Å². The molecule has 7 nitrogen and oxygen atoms in total. The van der Waals surface area contributed by atoms with Crippen LogP contribution in [0.1, 0.15) is 18.5 Å². The van der Waals surface area contributed by atoms with E-state index in [9.17, 15) is 9.59 Å². The Morgan fingerprint density at radius 1 is 1.03 bits per heavy atom. The topological polar surface area (TPSA) is 65.1 Å². The summed E-state index contributed by atoms with van der Waals surface area (Å²) in [5.74, 6) is 0.579. The third-order valence-corrected chi connectivity index (χ3v) is 5.67. The second kappa shape index (κ2) is 10.9. The number of nitrogens with zero attached hydrogens (tertiary/aromatic N) is 3. The molecule has 0 bridgehead atoms. The highest BCUT2D eigenvalue weighted by Gasteiger charge is 2.25. The number of carbonyl (C=O) groups is 2. The zero-order valence-corrected chi connectivity index (χ0v) is 18.6. The quantitative estimate of drug-likeness (QED) is 0.705. The standard InChI is InChI=1S/C24H32N4O3/c1-19(20-8-5-4-6-9-20)27-12-14-28(15-13-27)24(30)18-26(2)17-23(29)25-21-10-7-11-22(16-21)31-3/h4-11,16,19H,12-15,17-18H2,1-3H3,(H,25,29)/t19-/m1/s1. The van der Waals surface area contributed by atoms with E-state index < -0.39 is 0 Å². The average molecular weight is 425 g/mol. The van der Waals surface area contributed by atoms with Gasteiger partial charge >= 0.3 is 0 Å². The Balaban J connectivity index is 1.42. The fourth-order valence-electron chi connectivity index (χ4n) is 3.83. The molecule has 0 saturated carbocycles. The monoisotopic (exact) mass is 424 g/mol. The molecule has 31 heavy (non-hydrogen) atoms. The molecule has 3 rings (SSSR count). The van der Waals surface area contributed by atoms with Gasteiger partial charge in [-0.15, -0.1) is 0 Å². The zero-order chi connectivity index (χ0) is 22.2. The molecule has 1 saturated heterocycles. The smallest absolute Gasteiger partial charge is 0.238 e. The van der Waals surface area contributed by atoms with E-state index in [1.54, 1.807) is 25.1 Å². The van der Waals surface area contributed by atoms with Crippen LogP contribution in [0.2, 0.25) is 0 Å². The summed E-state index contributed by atoms with van der Waals surface area (Å²) in [6, 6.07) is 18.0. The summed E-state index contributed by atoms with van der Waals surface area (Å²) in [4.78, 5) is 31.1. The lowest BCUT2D eigenvalue weighted by molar-refractivity contribution is -0.134. The summed E-state index contributed by atoms with van der Waals surface area (Å²) in [6.45, 7) is 5.69. The SMILES string of the molecule is COc1cccc(NC(=O)CN(C)CC(=O)N2CCN([C@H](C)c3ccccc3)CC2)c1. The number of benzene rings is 2. The fourth-order valence-corrected chi connectivity index (χ4v) is 3.83. The van der Waals surface area contributed by atoms with E-state index >= 15 is 0 Å². The summed E-state index contributed by atoms with van der Waals surface area (Å²) in [7, 11) is 3.37. The Labute approximate surface area is 184 Å². The van der Waals surface area contributed by atoms with Crippen molar-refractivity contribution in [3.63, 3.8) is 0 Å². The highest BCUT2D eigenvalue weighted by molar-refractivity contribution is 5.92. The van der Waals surface area contributed by atoms with Crippen LogP contribution < -0.4 is 10.1 Å². The van der Waals surface area contributed by atoms with Gasteiger partial charge in [-0.2, -0.15) is 0 Å². The van der Waals surface area contributed by atoms with Gasteiger partial charge in [0.2, 0.25) is 11.8 Å². The van der Waals surface area contributed by atoms with Gasteiger partial charge in [-0.25, -0.2) is 0 Å². The molecule has 1 N–H and O–H groups in total. The van der Waals surface area contributed by atoms with Crippen molar-refractivity contribution in [1.29, 1.82) is 0 Å². The van der Waals surface area contributed by atoms with Gasteiger partial charge < -0.3 is 15.0 Å². The molecule has 0 unspecified atom stereocenters. The van der Waals surface area contributed by atoms with Gasteiger partial charge in [0, 0.05) is 44.0 Å². The van der Waals surface area contributed by atoms with Crippen molar-refractivity contribution in [2.24, 2.45) is 0 Å². The van der Waals surface area contributed by atoms with Crippen LogP contribution in [0.5, 0.6) is 5.75 Å². The van der Waals surface area contributed by atoms with E-state index in [0.717, 1.165) is 13.1 Å². The van der Waals surface area contributed by atoms with Crippen molar-refractivity contribution in [1.82, 2.24) is 14.7 Å². The van der Waals surface area contributed by atoms with Crippen LogP contribution in [0, 0.1) is 0 Å². The molecule has 0 aromatic heterocycles. The molecule has 2 amide bonds. The summed E-state index contributed by atoms with van der Waals surface area (Å²) in [5.41, 5.74) is 1.97. The third-order valence-electron chi connectivity index (χ3n) is 5.67. The first-order chi connectivity index (χ1) is 15.0. The van der Waals surface area contributed by atoms with E-state index in [0.29, 0.717) is 30.6 Å². The summed E-state index contributed by atoms with van der Waals surface area (Å²) in [5, 5.41) is 2.84. The van der Waals surface area contributed by atoms with Gasteiger partial charge in [0.05, 0.1) is 20.2 Å². The first kappa shape index (κ1) is 22.8. The zero-order valence-electron chi connectivity index (χ0n) is 18.6. The minimum absolute atomic E-state index is 0.0590. The van der Waals surface area contributed by atoms with Crippen LogP contribution in [-0.2, 0) is 9.59 Å². The van der Waals surface area contributed by atoms with E-state index in [2.05, 4.69) is 41.4 Å². The van der Waals surface area contributed by atoms with Crippen LogP contribution >= 0.6 is 0 Å². The molecule has 1 fully saturated rings. The van der Waals surface area contributed by atoms with E-state index in [4.69, 9.17) is 4.74 Å². The predicted molar refractivity (Wildman–Crippen MR) is 122 cm³/mol. The number of likely N-dealkylation sites (N-methyl/N-ethyl adjacent to an activating group) is 1. The van der Waals surface area contributed by atoms with Gasteiger partial charge in [-0.1, -0.05) is 36.4 Å². The maximum absolute atomic E-state index is 12.7. The third kappa shape index (κ3) is 6.54. The highest BCUT2D eigenvalue weighted by atomic mass is 16.5. The number of rotatable bonds is 8.